The first-order chi connectivity index (χ1) is 9.26. The van der Waals surface area contributed by atoms with Crippen molar-refractivity contribution in [2.75, 3.05) is 32.7 Å². The maximum absolute atomic E-state index is 5.83. The Morgan fingerprint density at radius 3 is 2.68 bits per heavy atom. The Labute approximate surface area is 115 Å². The molecule has 0 aromatic heterocycles. The van der Waals surface area contributed by atoms with Crippen LogP contribution in [0.5, 0.6) is 0 Å². The third kappa shape index (κ3) is 2.82. The lowest BCUT2D eigenvalue weighted by Gasteiger charge is -2.50. The van der Waals surface area contributed by atoms with Crippen LogP contribution in [0.4, 0.5) is 0 Å². The highest BCUT2D eigenvalue weighted by Crippen LogP contribution is 2.20. The fraction of sp³-hybridized carbons (Fsp3) is 0.600. The van der Waals surface area contributed by atoms with Gasteiger partial charge in [0.1, 0.15) is 0 Å². The number of hydrogen-bond acceptors (Lipinski definition) is 4. The Balaban J connectivity index is 1.70. The molecule has 4 heteroatoms. The van der Waals surface area contributed by atoms with E-state index in [4.69, 9.17) is 5.84 Å². The molecular formula is C15H24N4. The van der Waals surface area contributed by atoms with Crippen molar-refractivity contribution in [3.05, 3.63) is 35.4 Å². The molecule has 0 aliphatic carbocycles. The molecule has 4 rings (SSSR count). The van der Waals surface area contributed by atoms with E-state index in [9.17, 15) is 0 Å². The SMILES string of the molecule is Cc1cccc(CC(NN)C2CN3CCN2CC3)c1. The fourth-order valence-electron chi connectivity index (χ4n) is 3.44. The second kappa shape index (κ2) is 5.59. The zero-order valence-electron chi connectivity index (χ0n) is 11.7. The average Bonchev–Trinajstić information content (AvgIpc) is 2.46. The quantitative estimate of drug-likeness (QED) is 0.606. The van der Waals surface area contributed by atoms with Crippen LogP contribution in [0.2, 0.25) is 0 Å². The van der Waals surface area contributed by atoms with E-state index in [0.717, 1.165) is 13.0 Å². The number of aryl methyl sites for hydroxylation is 1. The van der Waals surface area contributed by atoms with Crippen molar-refractivity contribution in [3.8, 4) is 0 Å². The summed E-state index contributed by atoms with van der Waals surface area (Å²) in [5, 5.41) is 0. The smallest absolute Gasteiger partial charge is 0.0418 e. The molecule has 19 heavy (non-hydrogen) atoms. The van der Waals surface area contributed by atoms with Gasteiger partial charge in [-0.05, 0) is 18.9 Å². The van der Waals surface area contributed by atoms with Crippen molar-refractivity contribution in [1.29, 1.82) is 0 Å². The molecule has 3 saturated heterocycles. The predicted octanol–water partition coefficient (Wildman–Crippen LogP) is 0.369. The molecular weight excluding hydrogens is 236 g/mol. The zero-order chi connectivity index (χ0) is 13.2. The van der Waals surface area contributed by atoms with Crippen molar-refractivity contribution in [1.82, 2.24) is 15.2 Å². The van der Waals surface area contributed by atoms with Crippen molar-refractivity contribution < 1.29 is 0 Å². The molecule has 3 aliphatic rings. The van der Waals surface area contributed by atoms with Crippen LogP contribution >= 0.6 is 0 Å². The summed E-state index contributed by atoms with van der Waals surface area (Å²) in [4.78, 5) is 5.16. The lowest BCUT2D eigenvalue weighted by atomic mass is 9.94. The molecule has 2 bridgehead atoms. The number of hydrogen-bond donors (Lipinski definition) is 2. The highest BCUT2D eigenvalue weighted by atomic mass is 15.4. The first-order valence-corrected chi connectivity index (χ1v) is 7.24. The van der Waals surface area contributed by atoms with E-state index in [1.165, 1.54) is 37.3 Å². The fourth-order valence-corrected chi connectivity index (χ4v) is 3.44. The normalized spacial score (nSPS) is 31.4. The van der Waals surface area contributed by atoms with Gasteiger partial charge in [-0.2, -0.15) is 0 Å². The van der Waals surface area contributed by atoms with Crippen LogP contribution in [0.1, 0.15) is 11.1 Å². The summed E-state index contributed by atoms with van der Waals surface area (Å²) < 4.78 is 0. The summed E-state index contributed by atoms with van der Waals surface area (Å²) in [7, 11) is 0. The molecule has 1 aromatic carbocycles. The average molecular weight is 260 g/mol. The van der Waals surface area contributed by atoms with Crippen molar-refractivity contribution in [2.24, 2.45) is 5.84 Å². The van der Waals surface area contributed by atoms with Gasteiger partial charge in [0.25, 0.3) is 0 Å². The Bertz CT molecular complexity index is 426. The maximum Gasteiger partial charge on any atom is 0.0418 e. The van der Waals surface area contributed by atoms with Crippen molar-refractivity contribution in [2.45, 2.75) is 25.4 Å². The Hall–Kier alpha value is -0.940. The molecule has 3 N–H and O–H groups in total. The highest BCUT2D eigenvalue weighted by molar-refractivity contribution is 5.23. The van der Waals surface area contributed by atoms with Gasteiger partial charge in [-0.15, -0.1) is 0 Å². The van der Waals surface area contributed by atoms with E-state index in [1.807, 2.05) is 0 Å². The summed E-state index contributed by atoms with van der Waals surface area (Å²) in [6.45, 7) is 8.12. The molecule has 4 nitrogen and oxygen atoms in total. The Kier molecular flexibility index (Phi) is 3.84. The van der Waals surface area contributed by atoms with Crippen LogP contribution < -0.4 is 11.3 Å². The van der Waals surface area contributed by atoms with Crippen molar-refractivity contribution >= 4 is 0 Å². The first-order valence-electron chi connectivity index (χ1n) is 7.24. The van der Waals surface area contributed by atoms with E-state index in [-0.39, 0.29) is 0 Å². The van der Waals surface area contributed by atoms with E-state index >= 15 is 0 Å². The monoisotopic (exact) mass is 260 g/mol. The molecule has 104 valence electrons. The van der Waals surface area contributed by atoms with Crippen LogP contribution in [-0.2, 0) is 6.42 Å². The molecule has 2 unspecified atom stereocenters. The van der Waals surface area contributed by atoms with E-state index in [1.54, 1.807) is 0 Å². The maximum atomic E-state index is 5.83. The molecule has 0 amide bonds. The molecule has 0 saturated carbocycles. The summed E-state index contributed by atoms with van der Waals surface area (Å²) in [5.74, 6) is 5.83. The van der Waals surface area contributed by atoms with E-state index in [0.29, 0.717) is 12.1 Å². The number of rotatable bonds is 4. The third-order valence-electron chi connectivity index (χ3n) is 4.54. The van der Waals surface area contributed by atoms with Crippen LogP contribution in [-0.4, -0.2) is 54.6 Å². The molecule has 0 radical (unpaired) electrons. The van der Waals surface area contributed by atoms with Gasteiger partial charge in [0.05, 0.1) is 0 Å². The predicted molar refractivity (Wildman–Crippen MR) is 77.8 cm³/mol. The number of nitrogens with one attached hydrogen (secondary N) is 1. The Morgan fingerprint density at radius 1 is 1.32 bits per heavy atom. The highest BCUT2D eigenvalue weighted by Gasteiger charge is 2.36. The number of nitrogens with zero attached hydrogens (tertiary/aromatic N) is 2. The van der Waals surface area contributed by atoms with Gasteiger partial charge in [0.15, 0.2) is 0 Å². The molecule has 3 fully saturated rings. The first kappa shape index (κ1) is 13.1. The van der Waals surface area contributed by atoms with Gasteiger partial charge in [-0.3, -0.25) is 21.1 Å². The number of benzene rings is 1. The summed E-state index contributed by atoms with van der Waals surface area (Å²) >= 11 is 0. The number of hydrazine groups is 1. The largest absolute Gasteiger partial charge is 0.299 e. The topological polar surface area (TPSA) is 44.5 Å². The van der Waals surface area contributed by atoms with Gasteiger partial charge in [0.2, 0.25) is 0 Å². The molecule has 0 spiro atoms. The molecule has 3 heterocycles. The Morgan fingerprint density at radius 2 is 2.11 bits per heavy atom. The summed E-state index contributed by atoms with van der Waals surface area (Å²) in [5.41, 5.74) is 5.75. The summed E-state index contributed by atoms with van der Waals surface area (Å²) in [6.07, 6.45) is 1.01. The van der Waals surface area contributed by atoms with E-state index < -0.39 is 0 Å². The molecule has 1 aromatic rings. The third-order valence-corrected chi connectivity index (χ3v) is 4.54. The molecule has 2 atom stereocenters. The van der Waals surface area contributed by atoms with Gasteiger partial charge in [-0.25, -0.2) is 0 Å². The van der Waals surface area contributed by atoms with Crippen LogP contribution in [0, 0.1) is 6.92 Å². The van der Waals surface area contributed by atoms with E-state index in [2.05, 4.69) is 46.4 Å². The lowest BCUT2D eigenvalue weighted by Crippen LogP contribution is -2.67. The zero-order valence-corrected chi connectivity index (χ0v) is 11.7. The number of fused-ring (bicyclic) bond motifs is 3. The number of piperazine rings is 3. The molecule has 3 aliphatic heterocycles. The van der Waals surface area contributed by atoms with Crippen LogP contribution in [0.3, 0.4) is 0 Å². The van der Waals surface area contributed by atoms with Crippen molar-refractivity contribution in [3.63, 3.8) is 0 Å². The minimum Gasteiger partial charge on any atom is -0.299 e. The second-order valence-corrected chi connectivity index (χ2v) is 5.87. The van der Waals surface area contributed by atoms with Gasteiger partial charge >= 0.3 is 0 Å². The summed E-state index contributed by atoms with van der Waals surface area (Å²) in [6, 6.07) is 9.63. The van der Waals surface area contributed by atoms with Crippen LogP contribution in [0.15, 0.2) is 24.3 Å². The van der Waals surface area contributed by atoms with Gasteiger partial charge in [-0.1, -0.05) is 29.8 Å². The minimum absolute atomic E-state index is 0.338. The lowest BCUT2D eigenvalue weighted by molar-refractivity contribution is -0.00314. The van der Waals surface area contributed by atoms with Gasteiger partial charge in [0, 0.05) is 44.8 Å². The standard InChI is InChI=1S/C15H24N4/c1-12-3-2-4-13(9-12)10-14(17-16)15-11-18-5-7-19(15)8-6-18/h2-4,9,14-15,17H,5-8,10-11,16H2,1H3. The van der Waals surface area contributed by atoms with Crippen LogP contribution in [0.25, 0.3) is 0 Å². The number of nitrogens with two attached hydrogens (primary N) is 1. The van der Waals surface area contributed by atoms with Gasteiger partial charge < -0.3 is 0 Å². The minimum atomic E-state index is 0.338. The second-order valence-electron chi connectivity index (χ2n) is 5.87.